The van der Waals surface area contributed by atoms with Gasteiger partial charge < -0.3 is 4.90 Å². The highest BCUT2D eigenvalue weighted by Crippen LogP contribution is 2.29. The molecule has 0 atom stereocenters. The highest BCUT2D eigenvalue weighted by atomic mass is 19.4. The van der Waals surface area contributed by atoms with Gasteiger partial charge in [-0.1, -0.05) is 19.1 Å². The first-order chi connectivity index (χ1) is 9.86. The Bertz CT molecular complexity index is 473. The summed E-state index contributed by atoms with van der Waals surface area (Å²) in [6.07, 6.45) is -1.39. The fraction of sp³-hybridized carbons (Fsp3) is 0.562. The van der Waals surface area contributed by atoms with E-state index in [0.717, 1.165) is 43.6 Å². The van der Waals surface area contributed by atoms with Crippen LogP contribution in [-0.4, -0.2) is 23.9 Å². The molecule has 1 aromatic carbocycles. The van der Waals surface area contributed by atoms with Gasteiger partial charge in [-0.15, -0.1) is 0 Å². The second kappa shape index (κ2) is 6.50. The van der Waals surface area contributed by atoms with Gasteiger partial charge in [-0.05, 0) is 42.9 Å². The number of likely N-dealkylation sites (tertiary alicyclic amines) is 1. The Hall–Kier alpha value is -1.52. The Balaban J connectivity index is 1.84. The number of amides is 1. The van der Waals surface area contributed by atoms with Gasteiger partial charge in [-0.2, -0.15) is 13.2 Å². The average molecular weight is 299 g/mol. The zero-order valence-corrected chi connectivity index (χ0v) is 12.1. The van der Waals surface area contributed by atoms with E-state index in [2.05, 4.69) is 6.92 Å². The molecule has 1 aromatic rings. The Morgan fingerprint density at radius 1 is 1.19 bits per heavy atom. The molecule has 1 heterocycles. The molecule has 21 heavy (non-hydrogen) atoms. The van der Waals surface area contributed by atoms with Crippen LogP contribution in [0.2, 0.25) is 0 Å². The van der Waals surface area contributed by atoms with E-state index < -0.39 is 11.7 Å². The standard InChI is InChI=1S/C16H20F3NO/c1-12-8-10-20(11-9-12)15(21)7-4-13-2-5-14(6-3-13)16(17,18)19/h2-3,5-6,12H,4,7-11H2,1H3. The van der Waals surface area contributed by atoms with E-state index in [1.807, 2.05) is 4.90 Å². The number of nitrogens with zero attached hydrogens (tertiary/aromatic N) is 1. The van der Waals surface area contributed by atoms with Gasteiger partial charge in [0.1, 0.15) is 0 Å². The molecule has 1 aliphatic heterocycles. The lowest BCUT2D eigenvalue weighted by Gasteiger charge is -2.30. The molecule has 2 rings (SSSR count). The molecule has 0 aromatic heterocycles. The van der Waals surface area contributed by atoms with Crippen molar-refractivity contribution in [3.8, 4) is 0 Å². The van der Waals surface area contributed by atoms with Crippen molar-refractivity contribution in [2.45, 2.75) is 38.8 Å². The molecule has 0 saturated carbocycles. The van der Waals surface area contributed by atoms with E-state index in [0.29, 0.717) is 18.8 Å². The summed E-state index contributed by atoms with van der Waals surface area (Å²) >= 11 is 0. The molecule has 0 bridgehead atoms. The highest BCUT2D eigenvalue weighted by Gasteiger charge is 2.30. The van der Waals surface area contributed by atoms with Crippen LogP contribution >= 0.6 is 0 Å². The lowest BCUT2D eigenvalue weighted by atomic mass is 9.98. The van der Waals surface area contributed by atoms with Gasteiger partial charge in [-0.3, -0.25) is 4.79 Å². The lowest BCUT2D eigenvalue weighted by Crippen LogP contribution is -2.37. The van der Waals surface area contributed by atoms with Crippen LogP contribution in [0.15, 0.2) is 24.3 Å². The molecule has 0 unspecified atom stereocenters. The van der Waals surface area contributed by atoms with Gasteiger partial charge >= 0.3 is 6.18 Å². The SMILES string of the molecule is CC1CCN(C(=O)CCc2ccc(C(F)(F)F)cc2)CC1. The minimum Gasteiger partial charge on any atom is -0.343 e. The fourth-order valence-corrected chi connectivity index (χ4v) is 2.53. The summed E-state index contributed by atoms with van der Waals surface area (Å²) in [6, 6.07) is 5.05. The maximum Gasteiger partial charge on any atom is 0.416 e. The van der Waals surface area contributed by atoms with Crippen LogP contribution in [0.25, 0.3) is 0 Å². The molecular weight excluding hydrogens is 279 g/mol. The van der Waals surface area contributed by atoms with Gasteiger partial charge in [0, 0.05) is 19.5 Å². The molecule has 0 aliphatic carbocycles. The number of carbonyl (C=O) groups excluding carboxylic acids is 1. The number of hydrogen-bond acceptors (Lipinski definition) is 1. The monoisotopic (exact) mass is 299 g/mol. The van der Waals surface area contributed by atoms with Crippen LogP contribution in [0.4, 0.5) is 13.2 Å². The maximum absolute atomic E-state index is 12.4. The summed E-state index contributed by atoms with van der Waals surface area (Å²) in [7, 11) is 0. The number of piperidine rings is 1. The van der Waals surface area contributed by atoms with Gasteiger partial charge in [-0.25, -0.2) is 0 Å². The number of aryl methyl sites for hydroxylation is 1. The zero-order valence-electron chi connectivity index (χ0n) is 12.1. The van der Waals surface area contributed by atoms with Gasteiger partial charge in [0.05, 0.1) is 5.56 Å². The van der Waals surface area contributed by atoms with Crippen LogP contribution in [0, 0.1) is 5.92 Å². The van der Waals surface area contributed by atoms with Crippen molar-refractivity contribution in [3.63, 3.8) is 0 Å². The van der Waals surface area contributed by atoms with Gasteiger partial charge in [0.15, 0.2) is 0 Å². The Morgan fingerprint density at radius 3 is 2.29 bits per heavy atom. The van der Waals surface area contributed by atoms with Crippen molar-refractivity contribution in [1.29, 1.82) is 0 Å². The molecule has 1 saturated heterocycles. The third-order valence-corrected chi connectivity index (χ3v) is 4.05. The number of rotatable bonds is 3. The fourth-order valence-electron chi connectivity index (χ4n) is 2.53. The molecule has 1 fully saturated rings. The number of hydrogen-bond donors (Lipinski definition) is 0. The number of benzene rings is 1. The number of alkyl halides is 3. The number of halogens is 3. The first-order valence-corrected chi connectivity index (χ1v) is 7.30. The molecular formula is C16H20F3NO. The summed E-state index contributed by atoms with van der Waals surface area (Å²) < 4.78 is 37.3. The Morgan fingerprint density at radius 2 is 1.76 bits per heavy atom. The van der Waals surface area contributed by atoms with E-state index in [9.17, 15) is 18.0 Å². The molecule has 0 N–H and O–H groups in total. The van der Waals surface area contributed by atoms with E-state index in [1.54, 1.807) is 0 Å². The predicted molar refractivity (Wildman–Crippen MR) is 74.7 cm³/mol. The van der Waals surface area contributed by atoms with Crippen molar-refractivity contribution in [1.82, 2.24) is 4.90 Å². The molecule has 116 valence electrons. The maximum atomic E-state index is 12.4. The van der Waals surface area contributed by atoms with Crippen molar-refractivity contribution < 1.29 is 18.0 Å². The van der Waals surface area contributed by atoms with Crippen LogP contribution in [-0.2, 0) is 17.4 Å². The highest BCUT2D eigenvalue weighted by molar-refractivity contribution is 5.76. The van der Waals surface area contributed by atoms with Crippen molar-refractivity contribution in [2.75, 3.05) is 13.1 Å². The largest absolute Gasteiger partial charge is 0.416 e. The summed E-state index contributed by atoms with van der Waals surface area (Å²) in [6.45, 7) is 3.78. The third kappa shape index (κ3) is 4.48. The van der Waals surface area contributed by atoms with E-state index in [4.69, 9.17) is 0 Å². The van der Waals surface area contributed by atoms with Crippen molar-refractivity contribution in [2.24, 2.45) is 5.92 Å². The second-order valence-electron chi connectivity index (χ2n) is 5.76. The van der Waals surface area contributed by atoms with E-state index in [-0.39, 0.29) is 5.91 Å². The summed E-state index contributed by atoms with van der Waals surface area (Å²) in [5.41, 5.74) is 0.115. The van der Waals surface area contributed by atoms with Crippen LogP contribution in [0.1, 0.15) is 37.3 Å². The minimum absolute atomic E-state index is 0.0989. The molecule has 1 amide bonds. The summed E-state index contributed by atoms with van der Waals surface area (Å²) in [4.78, 5) is 13.9. The smallest absolute Gasteiger partial charge is 0.343 e. The zero-order chi connectivity index (χ0) is 15.5. The van der Waals surface area contributed by atoms with Crippen LogP contribution in [0.5, 0.6) is 0 Å². The summed E-state index contributed by atoms with van der Waals surface area (Å²) in [5.74, 6) is 0.769. The third-order valence-electron chi connectivity index (χ3n) is 4.05. The molecule has 0 radical (unpaired) electrons. The quantitative estimate of drug-likeness (QED) is 0.829. The second-order valence-corrected chi connectivity index (χ2v) is 5.76. The molecule has 0 spiro atoms. The van der Waals surface area contributed by atoms with Crippen molar-refractivity contribution >= 4 is 5.91 Å². The first kappa shape index (κ1) is 15.9. The van der Waals surface area contributed by atoms with Crippen molar-refractivity contribution in [3.05, 3.63) is 35.4 Å². The topological polar surface area (TPSA) is 20.3 Å². The summed E-state index contributed by atoms with van der Waals surface area (Å²) in [5, 5.41) is 0. The van der Waals surface area contributed by atoms with Crippen LogP contribution in [0.3, 0.4) is 0 Å². The lowest BCUT2D eigenvalue weighted by molar-refractivity contribution is -0.137. The average Bonchev–Trinajstić information content (AvgIpc) is 2.45. The van der Waals surface area contributed by atoms with Gasteiger partial charge in [0.25, 0.3) is 0 Å². The predicted octanol–water partition coefficient (Wildman–Crippen LogP) is 3.90. The number of carbonyl (C=O) groups is 1. The molecule has 1 aliphatic rings. The van der Waals surface area contributed by atoms with E-state index in [1.165, 1.54) is 12.1 Å². The van der Waals surface area contributed by atoms with E-state index >= 15 is 0 Å². The van der Waals surface area contributed by atoms with Crippen LogP contribution < -0.4 is 0 Å². The minimum atomic E-state index is -4.31. The molecule has 2 nitrogen and oxygen atoms in total. The first-order valence-electron chi connectivity index (χ1n) is 7.30. The Labute approximate surface area is 122 Å². The normalized spacial score (nSPS) is 17.0. The molecule has 5 heteroatoms. The van der Waals surface area contributed by atoms with Gasteiger partial charge in [0.2, 0.25) is 5.91 Å². The Kier molecular flexibility index (Phi) is 4.91.